The van der Waals surface area contributed by atoms with Crippen molar-refractivity contribution < 1.29 is 9.53 Å². The Hall–Kier alpha value is -2.63. The second-order valence-electron chi connectivity index (χ2n) is 7.04. The summed E-state index contributed by atoms with van der Waals surface area (Å²) < 4.78 is 5.25. The molecule has 6 nitrogen and oxygen atoms in total. The van der Waals surface area contributed by atoms with Gasteiger partial charge in [0.05, 0.1) is 19.5 Å². The van der Waals surface area contributed by atoms with Gasteiger partial charge in [0.2, 0.25) is 0 Å². The summed E-state index contributed by atoms with van der Waals surface area (Å²) >= 11 is 0. The van der Waals surface area contributed by atoms with Gasteiger partial charge in [-0.3, -0.25) is 14.6 Å². The van der Waals surface area contributed by atoms with Gasteiger partial charge in [0.1, 0.15) is 11.4 Å². The zero-order valence-corrected chi connectivity index (χ0v) is 14.2. The summed E-state index contributed by atoms with van der Waals surface area (Å²) in [5, 5.41) is 0. The third-order valence-corrected chi connectivity index (χ3v) is 5.69. The monoisotopic (exact) mass is 339 g/mol. The molecule has 2 aromatic rings. The molecule has 1 atom stereocenters. The number of hydrogen-bond acceptors (Lipinski definition) is 4. The zero-order valence-electron chi connectivity index (χ0n) is 14.2. The van der Waals surface area contributed by atoms with Crippen molar-refractivity contribution in [3.8, 4) is 5.75 Å². The van der Waals surface area contributed by atoms with Crippen LogP contribution in [0.15, 0.2) is 41.5 Å². The molecule has 0 bridgehead atoms. The van der Waals surface area contributed by atoms with E-state index in [0.29, 0.717) is 12.5 Å². The predicted octanol–water partition coefficient (Wildman–Crippen LogP) is 2.19. The Labute approximate surface area is 145 Å². The van der Waals surface area contributed by atoms with Crippen molar-refractivity contribution in [3.05, 3.63) is 58.3 Å². The second kappa shape index (κ2) is 6.02. The number of rotatable bonds is 3. The number of nitrogens with one attached hydrogen (secondary N) is 1. The molecule has 2 heterocycles. The van der Waals surface area contributed by atoms with E-state index in [2.05, 4.69) is 22.1 Å². The van der Waals surface area contributed by atoms with Crippen LogP contribution in [0.25, 0.3) is 0 Å². The van der Waals surface area contributed by atoms with Crippen molar-refractivity contribution in [2.75, 3.05) is 20.2 Å². The fourth-order valence-corrected chi connectivity index (χ4v) is 4.21. The summed E-state index contributed by atoms with van der Waals surface area (Å²) in [5.41, 5.74) is 1.31. The molecular weight excluding hydrogens is 318 g/mol. The van der Waals surface area contributed by atoms with E-state index in [1.54, 1.807) is 7.11 Å². The molecule has 25 heavy (non-hydrogen) atoms. The van der Waals surface area contributed by atoms with E-state index >= 15 is 0 Å². The summed E-state index contributed by atoms with van der Waals surface area (Å²) in [5.74, 6) is 1.01. The summed E-state index contributed by atoms with van der Waals surface area (Å²) in [6.45, 7) is 1.40. The van der Waals surface area contributed by atoms with Crippen molar-refractivity contribution in [1.82, 2.24) is 14.9 Å². The Morgan fingerprint density at radius 2 is 2.04 bits per heavy atom. The van der Waals surface area contributed by atoms with E-state index < -0.39 is 0 Å². The van der Waals surface area contributed by atoms with Gasteiger partial charge in [-0.05, 0) is 36.0 Å². The van der Waals surface area contributed by atoms with E-state index in [0.717, 1.165) is 25.1 Å². The summed E-state index contributed by atoms with van der Waals surface area (Å²) in [6.07, 6.45) is 6.08. The Balaban J connectivity index is 1.60. The first-order chi connectivity index (χ1) is 12.1. The van der Waals surface area contributed by atoms with Crippen LogP contribution in [0.5, 0.6) is 5.75 Å². The van der Waals surface area contributed by atoms with Gasteiger partial charge in [-0.2, -0.15) is 0 Å². The van der Waals surface area contributed by atoms with Gasteiger partial charge in [0.25, 0.3) is 11.5 Å². The smallest absolute Gasteiger partial charge is 0.272 e. The molecule has 1 saturated heterocycles. The average Bonchev–Trinajstić information content (AvgIpc) is 3.02. The maximum atomic E-state index is 12.8. The van der Waals surface area contributed by atoms with Crippen LogP contribution in [-0.2, 0) is 0 Å². The minimum Gasteiger partial charge on any atom is -0.497 e. The topological polar surface area (TPSA) is 75.3 Å². The number of likely N-dealkylation sites (tertiary alicyclic amines) is 1. The van der Waals surface area contributed by atoms with Gasteiger partial charge in [-0.1, -0.05) is 18.6 Å². The molecule has 1 amide bonds. The van der Waals surface area contributed by atoms with Crippen molar-refractivity contribution in [2.24, 2.45) is 5.41 Å². The lowest BCUT2D eigenvalue weighted by molar-refractivity contribution is 0.0719. The quantitative estimate of drug-likeness (QED) is 0.930. The number of hydrogen-bond donors (Lipinski definition) is 1. The Morgan fingerprint density at radius 3 is 2.64 bits per heavy atom. The summed E-state index contributed by atoms with van der Waals surface area (Å²) in [4.78, 5) is 32.5. The molecule has 130 valence electrons. The molecule has 1 aromatic carbocycles. The second-order valence-corrected chi connectivity index (χ2v) is 7.04. The van der Waals surface area contributed by atoms with E-state index in [-0.39, 0.29) is 22.6 Å². The number of nitrogens with zero attached hydrogens (tertiary/aromatic N) is 2. The molecule has 1 aliphatic heterocycles. The number of H-pyrrole nitrogens is 1. The highest BCUT2D eigenvalue weighted by molar-refractivity contribution is 5.92. The van der Waals surface area contributed by atoms with Crippen LogP contribution in [0.4, 0.5) is 0 Å². The van der Waals surface area contributed by atoms with Crippen molar-refractivity contribution in [2.45, 2.75) is 25.2 Å². The predicted molar refractivity (Wildman–Crippen MR) is 92.8 cm³/mol. The van der Waals surface area contributed by atoms with Crippen LogP contribution in [0.3, 0.4) is 0 Å². The maximum Gasteiger partial charge on any atom is 0.272 e. The molecule has 1 aliphatic carbocycles. The fourth-order valence-electron chi connectivity index (χ4n) is 4.21. The van der Waals surface area contributed by atoms with Gasteiger partial charge < -0.3 is 14.6 Å². The number of benzene rings is 1. The fraction of sp³-hybridized carbons (Fsp3) is 0.421. The number of carbonyl (C=O) groups excluding carboxylic acids is 1. The number of amides is 1. The van der Waals surface area contributed by atoms with Crippen LogP contribution in [0.1, 0.15) is 41.2 Å². The molecule has 1 saturated carbocycles. The van der Waals surface area contributed by atoms with Crippen molar-refractivity contribution in [3.63, 3.8) is 0 Å². The largest absolute Gasteiger partial charge is 0.497 e. The highest BCUT2D eigenvalue weighted by Gasteiger charge is 2.52. The third-order valence-electron chi connectivity index (χ3n) is 5.69. The van der Waals surface area contributed by atoms with Gasteiger partial charge >= 0.3 is 0 Å². The molecule has 0 radical (unpaired) electrons. The lowest BCUT2D eigenvalue weighted by atomic mass is 9.61. The molecule has 4 rings (SSSR count). The molecule has 0 unspecified atom stereocenters. The molecule has 1 aromatic heterocycles. The van der Waals surface area contributed by atoms with E-state index in [1.807, 2.05) is 17.0 Å². The first kappa shape index (κ1) is 15.9. The van der Waals surface area contributed by atoms with E-state index in [1.165, 1.54) is 24.4 Å². The lowest BCUT2D eigenvalue weighted by Gasteiger charge is -2.43. The Kier molecular flexibility index (Phi) is 3.82. The zero-order chi connectivity index (χ0) is 17.4. The van der Waals surface area contributed by atoms with Gasteiger partial charge in [0, 0.05) is 19.0 Å². The summed E-state index contributed by atoms with van der Waals surface area (Å²) in [6, 6.07) is 8.16. The van der Waals surface area contributed by atoms with Gasteiger partial charge in [0.15, 0.2) is 0 Å². The van der Waals surface area contributed by atoms with Crippen LogP contribution in [0, 0.1) is 5.41 Å². The molecule has 1 spiro atoms. The molecule has 2 fully saturated rings. The van der Waals surface area contributed by atoms with Crippen LogP contribution in [0.2, 0.25) is 0 Å². The number of aromatic nitrogens is 2. The lowest BCUT2D eigenvalue weighted by Crippen LogP contribution is -2.38. The summed E-state index contributed by atoms with van der Waals surface area (Å²) in [7, 11) is 1.66. The maximum absolute atomic E-state index is 12.8. The van der Waals surface area contributed by atoms with Gasteiger partial charge in [-0.25, -0.2) is 0 Å². The van der Waals surface area contributed by atoms with Crippen molar-refractivity contribution >= 4 is 5.91 Å². The Bertz CT molecular complexity index is 839. The highest BCUT2D eigenvalue weighted by atomic mass is 16.5. The first-order valence-corrected chi connectivity index (χ1v) is 8.59. The minimum absolute atomic E-state index is 0.146. The number of methoxy groups -OCH3 is 1. The normalized spacial score (nSPS) is 21.2. The SMILES string of the molecule is COc1ccc([C@H]2CN(C(=O)c3cncc(=O)[nH]3)CC23CCC3)cc1. The average molecular weight is 339 g/mol. The Morgan fingerprint density at radius 1 is 1.28 bits per heavy atom. The van der Waals surface area contributed by atoms with Crippen molar-refractivity contribution in [1.29, 1.82) is 0 Å². The number of aromatic amines is 1. The number of carbonyl (C=O) groups is 1. The third kappa shape index (κ3) is 2.71. The highest BCUT2D eigenvalue weighted by Crippen LogP contribution is 2.55. The minimum atomic E-state index is -0.352. The van der Waals surface area contributed by atoms with E-state index in [9.17, 15) is 9.59 Å². The first-order valence-electron chi connectivity index (χ1n) is 8.59. The van der Waals surface area contributed by atoms with Crippen LogP contribution in [-0.4, -0.2) is 41.0 Å². The number of ether oxygens (including phenoxy) is 1. The van der Waals surface area contributed by atoms with Crippen LogP contribution < -0.4 is 10.3 Å². The molecule has 1 N–H and O–H groups in total. The molecular formula is C19H21N3O3. The van der Waals surface area contributed by atoms with Gasteiger partial charge in [-0.15, -0.1) is 0 Å². The van der Waals surface area contributed by atoms with E-state index in [4.69, 9.17) is 4.74 Å². The molecule has 6 heteroatoms. The molecule has 2 aliphatic rings. The van der Waals surface area contributed by atoms with Crippen LogP contribution >= 0.6 is 0 Å². The standard InChI is InChI=1S/C19H21N3O3/c1-25-14-5-3-13(4-6-14)15-11-22(12-19(15)7-2-8-19)18(24)16-9-20-10-17(23)21-16/h3-6,9-10,15H,2,7-8,11-12H2,1H3,(H,21,23)/t15-/m1/s1.